The van der Waals surface area contributed by atoms with E-state index in [1.165, 1.54) is 17.2 Å². The lowest BCUT2D eigenvalue weighted by Crippen LogP contribution is -2.38. The first kappa shape index (κ1) is 28.0. The number of nitriles is 1. The average Bonchev–Trinajstić information content (AvgIpc) is 3.43. The highest BCUT2D eigenvalue weighted by Crippen LogP contribution is 2.37. The van der Waals surface area contributed by atoms with E-state index in [-0.39, 0.29) is 48.7 Å². The molecular formula is C27H26F3N5O3S. The summed E-state index contributed by atoms with van der Waals surface area (Å²) < 4.78 is 67.2. The molecule has 2 heterocycles. The first-order valence-corrected chi connectivity index (χ1v) is 13.8. The maximum atomic E-state index is 13.5. The Morgan fingerprint density at radius 2 is 1.79 bits per heavy atom. The van der Waals surface area contributed by atoms with Gasteiger partial charge in [-0.25, -0.2) is 18.4 Å². The molecule has 1 amide bonds. The van der Waals surface area contributed by atoms with Gasteiger partial charge in [-0.2, -0.15) is 18.4 Å². The summed E-state index contributed by atoms with van der Waals surface area (Å²) in [6.07, 6.45) is -3.62. The molecule has 0 bridgehead atoms. The normalized spacial score (nSPS) is 17.3. The Hall–Kier alpha value is -3.98. The van der Waals surface area contributed by atoms with Crippen LogP contribution in [-0.4, -0.2) is 48.7 Å². The summed E-state index contributed by atoms with van der Waals surface area (Å²) in [4.78, 5) is 22.1. The fraction of sp³-hybridized carbons (Fsp3) is 0.333. The van der Waals surface area contributed by atoms with Gasteiger partial charge in [0.1, 0.15) is 17.5 Å². The van der Waals surface area contributed by atoms with Crippen molar-refractivity contribution in [1.82, 2.24) is 15.3 Å². The van der Waals surface area contributed by atoms with E-state index >= 15 is 0 Å². The molecule has 12 heteroatoms. The maximum absolute atomic E-state index is 13.5. The zero-order valence-electron chi connectivity index (χ0n) is 21.2. The van der Waals surface area contributed by atoms with Crippen molar-refractivity contribution < 1.29 is 26.4 Å². The smallest absolute Gasteiger partial charge is 0.354 e. The van der Waals surface area contributed by atoms with Gasteiger partial charge in [-0.15, -0.1) is 0 Å². The van der Waals surface area contributed by atoms with Crippen LogP contribution in [-0.2, 0) is 16.0 Å². The fourth-order valence-electron chi connectivity index (χ4n) is 4.59. The summed E-state index contributed by atoms with van der Waals surface area (Å²) in [7, 11) is -4.37. The van der Waals surface area contributed by atoms with Crippen LogP contribution in [0.25, 0.3) is 0 Å². The standard InChI is InChI=1S/C27H26F3N5O3S/c1-17(19-8-4-3-5-9-19)18(2)33-26(36)21-15-32-24(14-31)34-25(21)35-13-12-20(16-35)39(37,38)23-11-7-6-10-22(23)27(28,29)30/h3-11,15,17-18,20H,12-13,16H2,1-2H3,(H,33,36)/t17?,18?,20-/m0/s1. The van der Waals surface area contributed by atoms with E-state index in [2.05, 4.69) is 15.3 Å². The number of alkyl halides is 3. The zero-order chi connectivity index (χ0) is 28.4. The lowest BCUT2D eigenvalue weighted by molar-refractivity contribution is -0.139. The second kappa shape index (κ2) is 11.0. The van der Waals surface area contributed by atoms with Gasteiger partial charge in [0.2, 0.25) is 5.82 Å². The highest BCUT2D eigenvalue weighted by molar-refractivity contribution is 7.92. The zero-order valence-corrected chi connectivity index (χ0v) is 22.0. The molecule has 0 saturated carbocycles. The Bertz CT molecular complexity index is 1510. The highest BCUT2D eigenvalue weighted by Gasteiger charge is 2.42. The molecule has 2 unspecified atom stereocenters. The second-order valence-electron chi connectivity index (χ2n) is 9.40. The Morgan fingerprint density at radius 3 is 2.46 bits per heavy atom. The Balaban J connectivity index is 1.60. The van der Waals surface area contributed by atoms with Gasteiger partial charge in [0.25, 0.3) is 5.91 Å². The number of carbonyl (C=O) groups is 1. The summed E-state index contributed by atoms with van der Waals surface area (Å²) in [5.74, 6) is -0.715. The molecule has 1 fully saturated rings. The minimum Gasteiger partial charge on any atom is -0.354 e. The van der Waals surface area contributed by atoms with Crippen molar-refractivity contribution in [3.8, 4) is 6.07 Å². The molecule has 3 aromatic rings. The van der Waals surface area contributed by atoms with Crippen LogP contribution in [0.3, 0.4) is 0 Å². The van der Waals surface area contributed by atoms with Gasteiger partial charge in [0.15, 0.2) is 9.84 Å². The van der Waals surface area contributed by atoms with Crippen LogP contribution in [0.4, 0.5) is 19.0 Å². The van der Waals surface area contributed by atoms with Gasteiger partial charge >= 0.3 is 6.18 Å². The third kappa shape index (κ3) is 5.88. The van der Waals surface area contributed by atoms with E-state index in [1.807, 2.05) is 44.2 Å². The van der Waals surface area contributed by atoms with Gasteiger partial charge in [-0.1, -0.05) is 49.4 Å². The molecular weight excluding hydrogens is 531 g/mol. The predicted octanol–water partition coefficient (Wildman–Crippen LogP) is 4.34. The van der Waals surface area contributed by atoms with E-state index in [0.29, 0.717) is 0 Å². The lowest BCUT2D eigenvalue weighted by Gasteiger charge is -2.24. The second-order valence-corrected chi connectivity index (χ2v) is 11.6. The predicted molar refractivity (Wildman–Crippen MR) is 138 cm³/mol. The number of hydrogen-bond donors (Lipinski definition) is 1. The van der Waals surface area contributed by atoms with Crippen LogP contribution in [0.1, 0.15) is 53.5 Å². The monoisotopic (exact) mass is 557 g/mol. The summed E-state index contributed by atoms with van der Waals surface area (Å²) in [5, 5.41) is 11.1. The largest absolute Gasteiger partial charge is 0.417 e. The van der Waals surface area contributed by atoms with Crippen molar-refractivity contribution in [2.24, 2.45) is 0 Å². The van der Waals surface area contributed by atoms with Crippen LogP contribution in [0.2, 0.25) is 0 Å². The molecule has 1 N–H and O–H groups in total. The number of benzene rings is 2. The molecule has 39 heavy (non-hydrogen) atoms. The number of sulfone groups is 1. The van der Waals surface area contributed by atoms with Crippen LogP contribution in [0, 0.1) is 11.3 Å². The number of halogens is 3. The molecule has 204 valence electrons. The minimum atomic E-state index is -4.84. The van der Waals surface area contributed by atoms with Gasteiger partial charge < -0.3 is 10.2 Å². The number of aromatic nitrogens is 2. The minimum absolute atomic E-state index is 0.0168. The molecule has 2 aromatic carbocycles. The van der Waals surface area contributed by atoms with E-state index in [4.69, 9.17) is 0 Å². The first-order valence-electron chi connectivity index (χ1n) is 12.2. The lowest BCUT2D eigenvalue weighted by atomic mass is 9.94. The van der Waals surface area contributed by atoms with Crippen molar-refractivity contribution in [2.45, 2.75) is 48.5 Å². The van der Waals surface area contributed by atoms with Gasteiger partial charge in [0.05, 0.1) is 15.7 Å². The van der Waals surface area contributed by atoms with E-state index in [1.54, 1.807) is 6.07 Å². The number of nitrogens with one attached hydrogen (secondary N) is 1. The number of carbonyl (C=O) groups excluding carboxylic acids is 1. The van der Waals surface area contributed by atoms with Crippen LogP contribution in [0.5, 0.6) is 0 Å². The molecule has 0 radical (unpaired) electrons. The molecule has 1 aliphatic rings. The van der Waals surface area contributed by atoms with Crippen molar-refractivity contribution in [2.75, 3.05) is 18.0 Å². The van der Waals surface area contributed by atoms with E-state index in [9.17, 15) is 31.6 Å². The van der Waals surface area contributed by atoms with E-state index in [0.717, 1.165) is 23.8 Å². The van der Waals surface area contributed by atoms with Crippen molar-refractivity contribution >= 4 is 21.6 Å². The molecule has 1 saturated heterocycles. The Morgan fingerprint density at radius 1 is 1.13 bits per heavy atom. The topological polar surface area (TPSA) is 116 Å². The number of anilines is 1. The van der Waals surface area contributed by atoms with Gasteiger partial charge in [0, 0.05) is 31.2 Å². The van der Waals surface area contributed by atoms with E-state index < -0.39 is 37.6 Å². The average molecular weight is 558 g/mol. The van der Waals surface area contributed by atoms with Crippen LogP contribution < -0.4 is 10.2 Å². The summed E-state index contributed by atoms with van der Waals surface area (Å²) in [5.41, 5.74) is -0.165. The summed E-state index contributed by atoms with van der Waals surface area (Å²) in [6, 6.07) is 15.2. The van der Waals surface area contributed by atoms with Crippen LogP contribution in [0.15, 0.2) is 65.7 Å². The SMILES string of the molecule is CC(NC(=O)c1cnc(C#N)nc1N1CC[C@H](S(=O)(=O)c2ccccc2C(F)(F)F)C1)C(C)c1ccccc1. The van der Waals surface area contributed by atoms with Crippen molar-refractivity contribution in [1.29, 1.82) is 5.26 Å². The first-order chi connectivity index (χ1) is 18.4. The van der Waals surface area contributed by atoms with Crippen molar-refractivity contribution in [3.63, 3.8) is 0 Å². The van der Waals surface area contributed by atoms with Gasteiger partial charge in [-0.3, -0.25) is 4.79 Å². The Kier molecular flexibility index (Phi) is 7.92. The number of rotatable bonds is 7. The summed E-state index contributed by atoms with van der Waals surface area (Å²) in [6.45, 7) is 3.71. The quantitative estimate of drug-likeness (QED) is 0.459. The van der Waals surface area contributed by atoms with Crippen LogP contribution >= 0.6 is 0 Å². The maximum Gasteiger partial charge on any atom is 0.417 e. The fourth-order valence-corrected chi connectivity index (χ4v) is 6.49. The highest BCUT2D eigenvalue weighted by atomic mass is 32.2. The summed E-state index contributed by atoms with van der Waals surface area (Å²) >= 11 is 0. The molecule has 0 aliphatic carbocycles. The third-order valence-corrected chi connectivity index (χ3v) is 9.16. The Labute approximate surface area is 224 Å². The molecule has 3 atom stereocenters. The molecule has 8 nitrogen and oxygen atoms in total. The molecule has 0 spiro atoms. The molecule has 4 rings (SSSR count). The molecule has 1 aromatic heterocycles. The van der Waals surface area contributed by atoms with Gasteiger partial charge in [-0.05, 0) is 31.0 Å². The third-order valence-electron chi connectivity index (χ3n) is 6.93. The van der Waals surface area contributed by atoms with Crippen molar-refractivity contribution in [3.05, 3.63) is 83.3 Å². The molecule has 1 aliphatic heterocycles. The number of amides is 1. The number of nitrogens with zero attached hydrogens (tertiary/aromatic N) is 4. The number of hydrogen-bond acceptors (Lipinski definition) is 7.